The zero-order valence-corrected chi connectivity index (χ0v) is 39.3. The second-order valence-corrected chi connectivity index (χ2v) is 19.5. The molecule has 2 aromatic carbocycles. The molecule has 20 nitrogen and oxygen atoms in total. The first-order valence-corrected chi connectivity index (χ1v) is 23.9. The number of fused-ring (bicyclic) bond motifs is 3. The van der Waals surface area contributed by atoms with Crippen LogP contribution < -0.4 is 4.74 Å². The summed E-state index contributed by atoms with van der Waals surface area (Å²) < 4.78 is 61.2. The maximum absolute atomic E-state index is 14.2. The largest absolute Gasteiger partial charge is 0.507 e. The molecule has 0 saturated carbocycles. The number of hydrogen-bond donors (Lipinski definition) is 8. The van der Waals surface area contributed by atoms with Crippen molar-refractivity contribution in [2.45, 2.75) is 209 Å². The molecule has 0 bridgehead atoms. The lowest BCUT2D eigenvalue weighted by Gasteiger charge is -2.45. The molecule has 2 aromatic rings. The molecule has 8 N–H and O–H groups in total. The molecular formula is C49H64O20. The van der Waals surface area contributed by atoms with Gasteiger partial charge in [0.25, 0.3) is 0 Å². The van der Waals surface area contributed by atoms with Gasteiger partial charge < -0.3 is 88.2 Å². The average molecular weight is 973 g/mol. The van der Waals surface area contributed by atoms with Crippen LogP contribution in [0.3, 0.4) is 0 Å². The highest BCUT2D eigenvalue weighted by atomic mass is 16.8. The highest BCUT2D eigenvalue weighted by Crippen LogP contribution is 2.48. The van der Waals surface area contributed by atoms with Crippen molar-refractivity contribution in [3.05, 3.63) is 57.7 Å². The molecule has 5 heterocycles. The van der Waals surface area contributed by atoms with E-state index in [0.29, 0.717) is 24.0 Å². The van der Waals surface area contributed by atoms with E-state index in [4.69, 9.17) is 47.4 Å². The summed E-state index contributed by atoms with van der Waals surface area (Å²) in [4.78, 5) is 28.3. The van der Waals surface area contributed by atoms with E-state index in [2.05, 4.69) is 0 Å². The number of rotatable bonds is 10. The van der Waals surface area contributed by atoms with Crippen molar-refractivity contribution in [3.8, 4) is 17.2 Å². The molecule has 69 heavy (non-hydrogen) atoms. The number of phenolic OH excluding ortho intramolecular Hbond substituents is 2. The van der Waals surface area contributed by atoms with Crippen LogP contribution in [0.15, 0.2) is 29.8 Å². The summed E-state index contributed by atoms with van der Waals surface area (Å²) in [6, 6.07) is 5.70. The van der Waals surface area contributed by atoms with Crippen LogP contribution in [0.25, 0.3) is 5.57 Å². The van der Waals surface area contributed by atoms with Gasteiger partial charge in [0.2, 0.25) is 6.29 Å². The topological polar surface area (TPSA) is 288 Å². The van der Waals surface area contributed by atoms with Crippen molar-refractivity contribution >= 4 is 17.1 Å². The van der Waals surface area contributed by atoms with Crippen LogP contribution in [0.5, 0.6) is 17.2 Å². The maximum Gasteiger partial charge on any atom is 0.202 e. The summed E-state index contributed by atoms with van der Waals surface area (Å²) in [6.07, 6.45) is -16.0. The summed E-state index contributed by atoms with van der Waals surface area (Å²) in [6.45, 7) is 10.3. The number of ketones is 2. The number of hydrogen-bond acceptors (Lipinski definition) is 20. The Balaban J connectivity index is 0.778. The molecular weight excluding hydrogens is 909 g/mol. The fourth-order valence-corrected chi connectivity index (χ4v) is 10.8. The van der Waals surface area contributed by atoms with Crippen LogP contribution in [0, 0.1) is 6.92 Å². The second kappa shape index (κ2) is 20.1. The van der Waals surface area contributed by atoms with Crippen molar-refractivity contribution in [2.24, 2.45) is 0 Å². The number of carbonyl (C=O) groups excluding carboxylic acids is 2. The van der Waals surface area contributed by atoms with Crippen LogP contribution in [-0.4, -0.2) is 175 Å². The first-order valence-electron chi connectivity index (χ1n) is 23.9. The summed E-state index contributed by atoms with van der Waals surface area (Å²) in [5.74, 6) is -2.35. The van der Waals surface area contributed by atoms with Gasteiger partial charge in [0.15, 0.2) is 36.7 Å². The van der Waals surface area contributed by atoms with E-state index in [-0.39, 0.29) is 71.4 Å². The average Bonchev–Trinajstić information content (AvgIpc) is 3.27. The quantitative estimate of drug-likeness (QED) is 0.169. The van der Waals surface area contributed by atoms with Crippen molar-refractivity contribution < 1.29 is 97.8 Å². The highest BCUT2D eigenvalue weighted by Gasteiger charge is 2.48. The third-order valence-corrected chi connectivity index (χ3v) is 14.4. The van der Waals surface area contributed by atoms with Crippen LogP contribution >= 0.6 is 0 Å². The van der Waals surface area contributed by atoms with Gasteiger partial charge in [-0.25, -0.2) is 0 Å². The number of aliphatic hydroxyl groups is 6. The summed E-state index contributed by atoms with van der Waals surface area (Å²) in [7, 11) is 0. The van der Waals surface area contributed by atoms with E-state index in [0.717, 1.165) is 0 Å². The van der Waals surface area contributed by atoms with E-state index in [9.17, 15) is 50.4 Å². The zero-order chi connectivity index (χ0) is 49.3. The van der Waals surface area contributed by atoms with Crippen molar-refractivity contribution in [3.63, 3.8) is 0 Å². The summed E-state index contributed by atoms with van der Waals surface area (Å²) in [5, 5.41) is 86.8. The van der Waals surface area contributed by atoms with Gasteiger partial charge >= 0.3 is 0 Å². The first kappa shape index (κ1) is 50.3. The fraction of sp³-hybridized carbons (Fsp3) is 0.673. The van der Waals surface area contributed by atoms with Gasteiger partial charge in [0.05, 0.1) is 78.3 Å². The van der Waals surface area contributed by atoms with Gasteiger partial charge in [-0.1, -0.05) is 6.07 Å². The summed E-state index contributed by atoms with van der Waals surface area (Å²) >= 11 is 0. The van der Waals surface area contributed by atoms with E-state index in [1.807, 2.05) is 6.92 Å². The molecule has 5 aliphatic heterocycles. The predicted octanol–water partition coefficient (Wildman–Crippen LogP) is 1.94. The SMILES string of the molecule is Cc1cc(O)c2c(c1)CC(O)C1=C2C(=O)c2c(O)ccc(OC3CC(O)C(OC4CC(OC5CCC(OC6CC(O)C(OC7CC(O)C(O)C(C)O7)C(C)O6)C(C)O5)C(O)C(C)O4)C(C)O3)c2C1=O. The standard InChI is InChI=1S/C49H64O20/c1-18-11-24-13-27(52)41-43(39(24)26(51)12-18)47(59)40-25(50)7-8-32(42(40)46(41)58)66-36-16-30(55)49(23(6)64-36)69-38-17-33(45(57)21(4)62-38)67-34-10-9-31(19(2)60-34)65-35-15-29(54)48(22(5)63-35)68-37-14-28(53)44(56)20(3)61-37/h7-8,11-12,19-23,27-31,33-38,44-45,48-57H,9-10,13-17H2,1-6H3. The molecule has 0 amide bonds. The number of phenols is 2. The smallest absolute Gasteiger partial charge is 0.202 e. The number of aryl methyl sites for hydroxylation is 1. The lowest BCUT2D eigenvalue weighted by molar-refractivity contribution is -0.336. The first-order chi connectivity index (χ1) is 32.8. The van der Waals surface area contributed by atoms with Gasteiger partial charge in [-0.3, -0.25) is 9.59 Å². The van der Waals surface area contributed by atoms with Crippen LogP contribution in [-0.2, 0) is 49.1 Å². The Kier molecular flexibility index (Phi) is 14.6. The number of ether oxygens (including phenoxy) is 10. The Morgan fingerprint density at radius 2 is 1.10 bits per heavy atom. The van der Waals surface area contributed by atoms with Crippen molar-refractivity contribution in [2.75, 3.05) is 0 Å². The van der Waals surface area contributed by atoms with E-state index in [1.54, 1.807) is 40.7 Å². The van der Waals surface area contributed by atoms with Gasteiger partial charge in [-0.2, -0.15) is 0 Å². The van der Waals surface area contributed by atoms with Gasteiger partial charge in [0.1, 0.15) is 41.7 Å². The monoisotopic (exact) mass is 972 g/mol. The molecule has 0 spiro atoms. The minimum absolute atomic E-state index is 0.0232. The molecule has 20 unspecified atom stereocenters. The van der Waals surface area contributed by atoms with E-state index >= 15 is 0 Å². The Labute approximate surface area is 398 Å². The molecule has 20 heteroatoms. The molecule has 0 radical (unpaired) electrons. The minimum Gasteiger partial charge on any atom is -0.507 e. The van der Waals surface area contributed by atoms with Gasteiger partial charge in [0, 0.05) is 55.2 Å². The molecule has 5 fully saturated rings. The van der Waals surface area contributed by atoms with E-state index < -0.39 is 140 Å². The molecule has 5 saturated heterocycles. The normalized spacial score (nSPS) is 41.6. The minimum atomic E-state index is -1.37. The van der Waals surface area contributed by atoms with Crippen LogP contribution in [0.2, 0.25) is 0 Å². The number of allylic oxidation sites excluding steroid dienone is 1. The highest BCUT2D eigenvalue weighted by molar-refractivity contribution is 6.42. The Morgan fingerprint density at radius 1 is 0.536 bits per heavy atom. The molecule has 9 rings (SSSR count). The Bertz CT molecular complexity index is 2230. The third kappa shape index (κ3) is 9.97. The lowest BCUT2D eigenvalue weighted by Crippen LogP contribution is -2.56. The number of benzene rings is 2. The Hall–Kier alpha value is -3.68. The number of Topliss-reactive ketones (excluding diaryl/α,β-unsaturated/α-hetero) is 2. The van der Waals surface area contributed by atoms with Crippen molar-refractivity contribution in [1.29, 1.82) is 0 Å². The predicted molar refractivity (Wildman–Crippen MR) is 236 cm³/mol. The Morgan fingerprint density at radius 3 is 1.75 bits per heavy atom. The lowest BCUT2D eigenvalue weighted by atomic mass is 9.72. The van der Waals surface area contributed by atoms with Gasteiger partial charge in [-0.05, 0) is 77.3 Å². The molecule has 0 aromatic heterocycles. The zero-order valence-electron chi connectivity index (χ0n) is 39.3. The number of carbonyl (C=O) groups is 2. The van der Waals surface area contributed by atoms with Crippen LogP contribution in [0.4, 0.5) is 0 Å². The third-order valence-electron chi connectivity index (χ3n) is 14.4. The summed E-state index contributed by atoms with van der Waals surface area (Å²) in [5.41, 5.74) is 0.314. The number of aliphatic hydroxyl groups excluding tert-OH is 6. The second-order valence-electron chi connectivity index (χ2n) is 19.5. The fourth-order valence-electron chi connectivity index (χ4n) is 10.8. The van der Waals surface area contributed by atoms with E-state index in [1.165, 1.54) is 18.2 Å². The van der Waals surface area contributed by atoms with Crippen molar-refractivity contribution in [1.82, 2.24) is 0 Å². The molecule has 380 valence electrons. The molecule has 20 atom stereocenters. The molecule has 7 aliphatic rings. The molecule has 2 aliphatic carbocycles. The van der Waals surface area contributed by atoms with Crippen LogP contribution in [0.1, 0.15) is 111 Å². The maximum atomic E-state index is 14.2. The van der Waals surface area contributed by atoms with Gasteiger partial charge in [-0.15, -0.1) is 0 Å². The number of aromatic hydroxyl groups is 2.